The Morgan fingerprint density at radius 1 is 1.44 bits per heavy atom. The van der Waals surface area contributed by atoms with Gasteiger partial charge in [-0.2, -0.15) is 0 Å². The topological polar surface area (TPSA) is 41.6 Å². The van der Waals surface area contributed by atoms with E-state index in [1.807, 2.05) is 4.90 Å². The molecule has 2 saturated heterocycles. The molecule has 2 amide bonds. The van der Waals surface area contributed by atoms with Gasteiger partial charge in [0.15, 0.2) is 0 Å². The van der Waals surface area contributed by atoms with Crippen molar-refractivity contribution in [3.05, 3.63) is 0 Å². The van der Waals surface area contributed by atoms with E-state index in [-0.39, 0.29) is 6.03 Å². The van der Waals surface area contributed by atoms with Gasteiger partial charge in [-0.05, 0) is 25.2 Å². The van der Waals surface area contributed by atoms with Crippen LogP contribution in [0.15, 0.2) is 0 Å². The van der Waals surface area contributed by atoms with E-state index in [1.165, 1.54) is 0 Å². The summed E-state index contributed by atoms with van der Waals surface area (Å²) in [4.78, 5) is 13.8. The van der Waals surface area contributed by atoms with Crippen molar-refractivity contribution >= 4 is 6.03 Å². The van der Waals surface area contributed by atoms with Crippen molar-refractivity contribution in [1.29, 1.82) is 0 Å². The zero-order valence-corrected chi connectivity index (χ0v) is 10.2. The van der Waals surface area contributed by atoms with Gasteiger partial charge in [0.2, 0.25) is 0 Å². The minimum Gasteiger partial charge on any atom is -0.381 e. The monoisotopic (exact) mass is 226 g/mol. The molecule has 92 valence electrons. The van der Waals surface area contributed by atoms with E-state index >= 15 is 0 Å². The number of nitrogens with zero attached hydrogens (tertiary/aromatic N) is 1. The molecule has 0 aromatic carbocycles. The smallest absolute Gasteiger partial charge is 0.318 e. The molecule has 2 heterocycles. The van der Waals surface area contributed by atoms with Crippen molar-refractivity contribution in [3.63, 3.8) is 0 Å². The highest BCUT2D eigenvalue weighted by molar-refractivity contribution is 5.77. The van der Waals surface area contributed by atoms with Crippen molar-refractivity contribution in [1.82, 2.24) is 10.2 Å². The summed E-state index contributed by atoms with van der Waals surface area (Å²) in [6, 6.07) is 0.860. The van der Waals surface area contributed by atoms with Crippen molar-refractivity contribution in [3.8, 4) is 0 Å². The average Bonchev–Trinajstić information content (AvgIpc) is 2.60. The summed E-state index contributed by atoms with van der Waals surface area (Å²) in [5.41, 5.74) is 0. The lowest BCUT2D eigenvalue weighted by atomic mass is 10.0. The molecular formula is C12H22N2O2. The van der Waals surface area contributed by atoms with Gasteiger partial charge >= 0.3 is 6.03 Å². The molecule has 0 spiro atoms. The average molecular weight is 226 g/mol. The molecule has 0 saturated carbocycles. The van der Waals surface area contributed by atoms with Crippen LogP contribution in [0.25, 0.3) is 0 Å². The molecule has 4 heteroatoms. The number of urea groups is 1. The number of nitrogens with one attached hydrogen (secondary N) is 1. The molecule has 0 aromatic heterocycles. The van der Waals surface area contributed by atoms with Gasteiger partial charge in [0, 0.05) is 31.8 Å². The van der Waals surface area contributed by atoms with Crippen LogP contribution in [0.4, 0.5) is 4.79 Å². The molecule has 0 unspecified atom stereocenters. The first-order valence-corrected chi connectivity index (χ1v) is 6.31. The van der Waals surface area contributed by atoms with Crippen LogP contribution >= 0.6 is 0 Å². The third-order valence-corrected chi connectivity index (χ3v) is 3.39. The first-order chi connectivity index (χ1) is 7.66. The van der Waals surface area contributed by atoms with E-state index in [0.717, 1.165) is 39.0 Å². The highest BCUT2D eigenvalue weighted by atomic mass is 16.5. The molecule has 0 bridgehead atoms. The van der Waals surface area contributed by atoms with Gasteiger partial charge < -0.3 is 15.0 Å². The molecule has 16 heavy (non-hydrogen) atoms. The van der Waals surface area contributed by atoms with Crippen LogP contribution in [0.1, 0.15) is 33.1 Å². The Bertz CT molecular complexity index is 249. The summed E-state index contributed by atoms with van der Waals surface area (Å²) in [5.74, 6) is 0.639. The Morgan fingerprint density at radius 3 is 2.75 bits per heavy atom. The second kappa shape index (κ2) is 5.04. The van der Waals surface area contributed by atoms with E-state index in [2.05, 4.69) is 19.2 Å². The number of rotatable bonds is 3. The predicted octanol–water partition coefficient (Wildman–Crippen LogP) is 1.61. The van der Waals surface area contributed by atoms with Gasteiger partial charge in [-0.25, -0.2) is 4.79 Å². The fraction of sp³-hybridized carbons (Fsp3) is 0.917. The lowest BCUT2D eigenvalue weighted by Crippen LogP contribution is -2.41. The van der Waals surface area contributed by atoms with E-state index in [1.54, 1.807) is 0 Å². The molecule has 1 atom stereocenters. The van der Waals surface area contributed by atoms with E-state index in [4.69, 9.17) is 4.74 Å². The van der Waals surface area contributed by atoms with Crippen LogP contribution in [0, 0.1) is 5.92 Å². The van der Waals surface area contributed by atoms with E-state index in [0.29, 0.717) is 18.0 Å². The predicted molar refractivity (Wildman–Crippen MR) is 62.3 cm³/mol. The minimum atomic E-state index is 0.123. The lowest BCUT2D eigenvalue weighted by molar-refractivity contribution is 0.0508. The zero-order valence-electron chi connectivity index (χ0n) is 10.2. The Labute approximate surface area is 97.3 Å². The Kier molecular flexibility index (Phi) is 3.69. The molecule has 2 aliphatic rings. The fourth-order valence-corrected chi connectivity index (χ4v) is 2.64. The van der Waals surface area contributed by atoms with Crippen molar-refractivity contribution in [2.75, 3.05) is 19.8 Å². The number of ether oxygens (including phenoxy) is 1. The molecule has 1 N–H and O–H groups in total. The summed E-state index contributed by atoms with van der Waals surface area (Å²) in [6.45, 7) is 6.86. The maximum atomic E-state index is 11.8. The lowest BCUT2D eigenvalue weighted by Gasteiger charge is -2.30. The fourth-order valence-electron chi connectivity index (χ4n) is 2.64. The summed E-state index contributed by atoms with van der Waals surface area (Å²) in [5, 5.41) is 3.08. The summed E-state index contributed by atoms with van der Waals surface area (Å²) < 4.78 is 5.33. The number of carbonyl (C=O) groups excluding carboxylic acids is 1. The van der Waals surface area contributed by atoms with Gasteiger partial charge in [0.05, 0.1) is 0 Å². The van der Waals surface area contributed by atoms with Crippen molar-refractivity contribution in [2.24, 2.45) is 5.92 Å². The summed E-state index contributed by atoms with van der Waals surface area (Å²) >= 11 is 0. The molecule has 2 aliphatic heterocycles. The second-order valence-corrected chi connectivity index (χ2v) is 5.27. The molecule has 0 aliphatic carbocycles. The molecule has 0 aromatic rings. The van der Waals surface area contributed by atoms with Gasteiger partial charge in [-0.1, -0.05) is 13.8 Å². The Hall–Kier alpha value is -0.770. The third kappa shape index (κ3) is 2.67. The van der Waals surface area contributed by atoms with E-state index in [9.17, 15) is 4.79 Å². The van der Waals surface area contributed by atoms with Crippen LogP contribution < -0.4 is 5.32 Å². The van der Waals surface area contributed by atoms with Gasteiger partial charge in [0.1, 0.15) is 0 Å². The highest BCUT2D eigenvalue weighted by Gasteiger charge is 2.34. The summed E-state index contributed by atoms with van der Waals surface area (Å²) in [7, 11) is 0. The minimum absolute atomic E-state index is 0.123. The van der Waals surface area contributed by atoms with Gasteiger partial charge in [0.25, 0.3) is 0 Å². The molecule has 0 radical (unpaired) electrons. The molecule has 2 fully saturated rings. The van der Waals surface area contributed by atoms with Crippen LogP contribution in [-0.4, -0.2) is 42.8 Å². The number of carbonyl (C=O) groups is 1. The maximum Gasteiger partial charge on any atom is 0.318 e. The van der Waals surface area contributed by atoms with Gasteiger partial charge in [-0.3, -0.25) is 0 Å². The SMILES string of the molecule is CC(C)C[C@@H]1CN(C2CCOCC2)C(=O)N1. The second-order valence-electron chi connectivity index (χ2n) is 5.27. The standard InChI is InChI=1S/C12H22N2O2/c1-9(2)7-10-8-14(12(15)13-10)11-3-5-16-6-4-11/h9-11H,3-8H2,1-2H3,(H,13,15)/t10-/m1/s1. The number of hydrogen-bond acceptors (Lipinski definition) is 2. The first kappa shape index (κ1) is 11.7. The zero-order chi connectivity index (χ0) is 11.5. The summed E-state index contributed by atoms with van der Waals surface area (Å²) in [6.07, 6.45) is 3.05. The Balaban J connectivity index is 1.88. The van der Waals surface area contributed by atoms with Gasteiger partial charge in [-0.15, -0.1) is 0 Å². The normalized spacial score (nSPS) is 27.6. The molecular weight excluding hydrogens is 204 g/mol. The molecule has 2 rings (SSSR count). The first-order valence-electron chi connectivity index (χ1n) is 6.31. The van der Waals surface area contributed by atoms with Crippen molar-refractivity contribution < 1.29 is 9.53 Å². The van der Waals surface area contributed by atoms with Crippen LogP contribution in [0.2, 0.25) is 0 Å². The Morgan fingerprint density at radius 2 is 2.12 bits per heavy atom. The molecule has 4 nitrogen and oxygen atoms in total. The largest absolute Gasteiger partial charge is 0.381 e. The van der Waals surface area contributed by atoms with Crippen LogP contribution in [-0.2, 0) is 4.74 Å². The number of hydrogen-bond donors (Lipinski definition) is 1. The van der Waals surface area contributed by atoms with E-state index < -0.39 is 0 Å². The van der Waals surface area contributed by atoms with Crippen LogP contribution in [0.3, 0.4) is 0 Å². The third-order valence-electron chi connectivity index (χ3n) is 3.39. The van der Waals surface area contributed by atoms with Crippen LogP contribution in [0.5, 0.6) is 0 Å². The van der Waals surface area contributed by atoms with Crippen molar-refractivity contribution in [2.45, 2.75) is 45.2 Å². The quantitative estimate of drug-likeness (QED) is 0.794. The highest BCUT2D eigenvalue weighted by Crippen LogP contribution is 2.20. The maximum absolute atomic E-state index is 11.8. The number of amides is 2.